The van der Waals surface area contributed by atoms with Crippen molar-refractivity contribution in [1.82, 2.24) is 16.0 Å². The molecule has 0 saturated heterocycles. The molecule has 0 spiro atoms. The van der Waals surface area contributed by atoms with Crippen LogP contribution in [0.25, 0.3) is 0 Å². The van der Waals surface area contributed by atoms with E-state index in [1.54, 1.807) is 0 Å². The zero-order valence-electron chi connectivity index (χ0n) is 15.8. The van der Waals surface area contributed by atoms with Gasteiger partial charge in [0, 0.05) is 24.5 Å². The van der Waals surface area contributed by atoms with Gasteiger partial charge in [-0.2, -0.15) is 0 Å². The molecule has 5 aliphatic rings. The summed E-state index contributed by atoms with van der Waals surface area (Å²) in [6.07, 6.45) is 9.40. The summed E-state index contributed by atoms with van der Waals surface area (Å²) in [5, 5.41) is 18.0. The fraction of sp³-hybridized carbons (Fsp3) is 0.850. The molecule has 0 radical (unpaired) electrons. The van der Waals surface area contributed by atoms with Crippen molar-refractivity contribution in [2.75, 3.05) is 6.54 Å². The average Bonchev–Trinajstić information content (AvgIpc) is 3.01. The van der Waals surface area contributed by atoms with Crippen LogP contribution < -0.4 is 16.0 Å². The maximum atomic E-state index is 12.4. The minimum atomic E-state index is -0.783. The number of rotatable bonds is 6. The fourth-order valence-corrected chi connectivity index (χ4v) is 6.48. The van der Waals surface area contributed by atoms with Crippen molar-refractivity contribution >= 4 is 17.9 Å². The minimum Gasteiger partial charge on any atom is -0.481 e. The molecule has 150 valence electrons. The Bertz CT molecular complexity index is 585. The maximum Gasteiger partial charge on any atom is 0.315 e. The molecular weight excluding hydrogens is 346 g/mol. The maximum absolute atomic E-state index is 12.4. The van der Waals surface area contributed by atoms with Gasteiger partial charge in [-0.05, 0) is 75.5 Å². The molecule has 0 aromatic rings. The molecule has 0 heterocycles. The minimum absolute atomic E-state index is 0.0171. The van der Waals surface area contributed by atoms with Crippen LogP contribution in [0.2, 0.25) is 0 Å². The summed E-state index contributed by atoms with van der Waals surface area (Å²) in [6.45, 7) is 0.305. The van der Waals surface area contributed by atoms with Crippen LogP contribution in [0.5, 0.6) is 0 Å². The van der Waals surface area contributed by atoms with Crippen molar-refractivity contribution < 1.29 is 19.5 Å². The van der Waals surface area contributed by atoms with Crippen LogP contribution in [0.4, 0.5) is 4.79 Å². The highest BCUT2D eigenvalue weighted by Gasteiger charge is 2.51. The van der Waals surface area contributed by atoms with Crippen molar-refractivity contribution in [2.24, 2.45) is 23.7 Å². The molecule has 7 heteroatoms. The molecule has 27 heavy (non-hydrogen) atoms. The standard InChI is InChI=1S/C20H31N3O4/c24-17(22-16-2-1-15(8-16)18(25)26)3-4-21-19(27)23-20-9-12-5-13(10-20)7-14(6-12)11-20/h12-16H,1-11H2,(H,22,24)(H,25,26)(H2,21,23,27)/t12?,13?,14?,15-,16+,20?/m0/s1. The van der Waals surface area contributed by atoms with Gasteiger partial charge in [0.1, 0.15) is 0 Å². The predicted molar refractivity (Wildman–Crippen MR) is 99.0 cm³/mol. The van der Waals surface area contributed by atoms with Crippen molar-refractivity contribution in [3.8, 4) is 0 Å². The number of carboxylic acid groups (broad SMARTS) is 1. The first-order valence-electron chi connectivity index (χ1n) is 10.5. The molecule has 0 unspecified atom stereocenters. The number of hydrogen-bond acceptors (Lipinski definition) is 3. The number of hydrogen-bond donors (Lipinski definition) is 4. The fourth-order valence-electron chi connectivity index (χ4n) is 6.48. The number of nitrogens with one attached hydrogen (secondary N) is 3. The number of carboxylic acids is 1. The average molecular weight is 377 g/mol. The van der Waals surface area contributed by atoms with Crippen LogP contribution >= 0.6 is 0 Å². The van der Waals surface area contributed by atoms with Crippen molar-refractivity contribution in [2.45, 2.75) is 75.8 Å². The SMILES string of the molecule is O=C(CCNC(=O)NC12CC3CC(CC(C3)C1)C2)N[C@@H]1CC[C@H](C(=O)O)C1. The van der Waals surface area contributed by atoms with Gasteiger partial charge in [-0.25, -0.2) is 4.79 Å². The molecule has 2 atom stereocenters. The summed E-state index contributed by atoms with van der Waals surface area (Å²) in [7, 11) is 0. The summed E-state index contributed by atoms with van der Waals surface area (Å²) in [5.41, 5.74) is -0.0171. The van der Waals surface area contributed by atoms with E-state index < -0.39 is 5.97 Å². The summed E-state index contributed by atoms with van der Waals surface area (Å²) in [5.74, 6) is 1.09. The lowest BCUT2D eigenvalue weighted by Gasteiger charge is -2.56. The van der Waals surface area contributed by atoms with E-state index in [0.29, 0.717) is 25.8 Å². The van der Waals surface area contributed by atoms with Crippen molar-refractivity contribution in [3.63, 3.8) is 0 Å². The van der Waals surface area contributed by atoms with Gasteiger partial charge in [0.2, 0.25) is 5.91 Å². The highest BCUT2D eigenvalue weighted by molar-refractivity contribution is 5.79. The van der Waals surface area contributed by atoms with Gasteiger partial charge in [0.25, 0.3) is 0 Å². The highest BCUT2D eigenvalue weighted by atomic mass is 16.4. The molecule has 0 aliphatic heterocycles. The molecule has 7 nitrogen and oxygen atoms in total. The third-order valence-electron chi connectivity index (χ3n) is 7.20. The van der Waals surface area contributed by atoms with Crippen LogP contribution in [0, 0.1) is 23.7 Å². The summed E-state index contributed by atoms with van der Waals surface area (Å²) in [6, 6.07) is -0.212. The van der Waals surface area contributed by atoms with E-state index in [1.165, 1.54) is 19.3 Å². The molecular formula is C20H31N3O4. The topological polar surface area (TPSA) is 108 Å². The second kappa shape index (κ2) is 7.32. The Morgan fingerprint density at radius 3 is 2.11 bits per heavy atom. The second-order valence-electron chi connectivity index (χ2n) is 9.44. The molecule has 3 amide bonds. The highest BCUT2D eigenvalue weighted by Crippen LogP contribution is 2.55. The number of urea groups is 1. The van der Waals surface area contributed by atoms with Crippen LogP contribution in [0.1, 0.15) is 64.2 Å². The lowest BCUT2D eigenvalue weighted by Crippen LogP contribution is -2.61. The van der Waals surface area contributed by atoms with E-state index in [-0.39, 0.29) is 35.9 Å². The quantitative estimate of drug-likeness (QED) is 0.568. The van der Waals surface area contributed by atoms with Crippen LogP contribution in [-0.2, 0) is 9.59 Å². The molecule has 5 aliphatic carbocycles. The molecule has 0 aromatic carbocycles. The normalized spacial score (nSPS) is 39.2. The van der Waals surface area contributed by atoms with E-state index in [4.69, 9.17) is 5.11 Å². The largest absolute Gasteiger partial charge is 0.481 e. The number of carbonyl (C=O) groups is 3. The third-order valence-corrected chi connectivity index (χ3v) is 7.20. The summed E-state index contributed by atoms with van der Waals surface area (Å²) >= 11 is 0. The van der Waals surface area contributed by atoms with E-state index in [2.05, 4.69) is 16.0 Å². The third kappa shape index (κ3) is 4.22. The van der Waals surface area contributed by atoms with Gasteiger partial charge in [-0.3, -0.25) is 9.59 Å². The number of amides is 3. The zero-order valence-corrected chi connectivity index (χ0v) is 15.8. The summed E-state index contributed by atoms with van der Waals surface area (Å²) < 4.78 is 0. The lowest BCUT2D eigenvalue weighted by molar-refractivity contribution is -0.141. The second-order valence-corrected chi connectivity index (χ2v) is 9.44. The number of aliphatic carboxylic acids is 1. The first-order chi connectivity index (χ1) is 12.9. The van der Waals surface area contributed by atoms with E-state index in [9.17, 15) is 14.4 Å². The predicted octanol–water partition coefficient (Wildman–Crippen LogP) is 2.01. The molecule has 0 aromatic heterocycles. The first-order valence-corrected chi connectivity index (χ1v) is 10.5. The van der Waals surface area contributed by atoms with Gasteiger partial charge in [-0.1, -0.05) is 0 Å². The molecule has 4 N–H and O–H groups in total. The van der Waals surface area contributed by atoms with Gasteiger partial charge in [-0.15, -0.1) is 0 Å². The van der Waals surface area contributed by atoms with Gasteiger partial charge < -0.3 is 21.1 Å². The molecule has 4 bridgehead atoms. The Labute approximate surface area is 160 Å². The molecule has 5 rings (SSSR count). The lowest BCUT2D eigenvalue weighted by atomic mass is 9.53. The van der Waals surface area contributed by atoms with Gasteiger partial charge in [0.15, 0.2) is 0 Å². The van der Waals surface area contributed by atoms with E-state index >= 15 is 0 Å². The Kier molecular flexibility index (Phi) is 5.03. The van der Waals surface area contributed by atoms with Crippen LogP contribution in [-0.4, -0.2) is 41.1 Å². The Morgan fingerprint density at radius 1 is 0.926 bits per heavy atom. The first kappa shape index (κ1) is 18.6. The van der Waals surface area contributed by atoms with E-state index in [0.717, 1.165) is 37.0 Å². The van der Waals surface area contributed by atoms with E-state index in [1.807, 2.05) is 0 Å². The Balaban J connectivity index is 1.16. The van der Waals surface area contributed by atoms with Crippen LogP contribution in [0.15, 0.2) is 0 Å². The Hall–Kier alpha value is -1.79. The molecule has 5 saturated carbocycles. The monoisotopic (exact) mass is 377 g/mol. The van der Waals surface area contributed by atoms with Crippen molar-refractivity contribution in [1.29, 1.82) is 0 Å². The van der Waals surface area contributed by atoms with Crippen LogP contribution in [0.3, 0.4) is 0 Å². The molecule has 5 fully saturated rings. The van der Waals surface area contributed by atoms with Gasteiger partial charge >= 0.3 is 12.0 Å². The summed E-state index contributed by atoms with van der Waals surface area (Å²) in [4.78, 5) is 35.4. The zero-order chi connectivity index (χ0) is 19.0. The van der Waals surface area contributed by atoms with Crippen molar-refractivity contribution in [3.05, 3.63) is 0 Å². The Morgan fingerprint density at radius 2 is 1.56 bits per heavy atom. The smallest absolute Gasteiger partial charge is 0.315 e. The number of carbonyl (C=O) groups excluding carboxylic acids is 2. The van der Waals surface area contributed by atoms with Gasteiger partial charge in [0.05, 0.1) is 5.92 Å².